The molecule has 2 aliphatic rings. The van der Waals surface area contributed by atoms with E-state index in [0.29, 0.717) is 5.92 Å². The van der Waals surface area contributed by atoms with Crippen LogP contribution in [0.3, 0.4) is 0 Å². The predicted octanol–water partition coefficient (Wildman–Crippen LogP) is 2.98. The van der Waals surface area contributed by atoms with E-state index in [1.165, 1.54) is 19.3 Å². The third-order valence-corrected chi connectivity index (χ3v) is 4.52. The first-order valence-electron chi connectivity index (χ1n) is 8.78. The van der Waals surface area contributed by atoms with Gasteiger partial charge in [-0.1, -0.05) is 17.1 Å². The van der Waals surface area contributed by atoms with Gasteiger partial charge < -0.3 is 4.74 Å². The van der Waals surface area contributed by atoms with Crippen molar-refractivity contribution < 1.29 is 4.74 Å². The lowest BCUT2D eigenvalue weighted by Crippen LogP contribution is -2.24. The summed E-state index contributed by atoms with van der Waals surface area (Å²) in [5, 5.41) is 8.52. The monoisotopic (exact) mass is 322 g/mol. The number of aromatic nitrogens is 4. The molecule has 1 saturated carbocycles. The highest BCUT2D eigenvalue weighted by molar-refractivity contribution is 5.58. The molecule has 124 valence electrons. The summed E-state index contributed by atoms with van der Waals surface area (Å²) in [7, 11) is 0. The minimum atomic E-state index is 0.252. The number of hydrogen-bond donors (Lipinski definition) is 0. The van der Waals surface area contributed by atoms with Crippen LogP contribution in [0.25, 0.3) is 11.4 Å². The second kappa shape index (κ2) is 6.74. The van der Waals surface area contributed by atoms with Gasteiger partial charge in [0.2, 0.25) is 0 Å². The first kappa shape index (κ1) is 15.3. The van der Waals surface area contributed by atoms with Gasteiger partial charge in [0.05, 0.1) is 24.5 Å². The van der Waals surface area contributed by atoms with Crippen molar-refractivity contribution in [3.05, 3.63) is 29.6 Å². The van der Waals surface area contributed by atoms with E-state index >= 15 is 0 Å². The molecule has 0 N–H and O–H groups in total. The Bertz CT molecular complexity index is 776. The molecule has 5 nitrogen and oxygen atoms in total. The summed E-state index contributed by atoms with van der Waals surface area (Å²) in [6, 6.07) is 2.08. The Balaban J connectivity index is 1.48. The molecular formula is C19H22N4O. The van der Waals surface area contributed by atoms with Crippen LogP contribution in [-0.4, -0.2) is 32.7 Å². The molecule has 3 heterocycles. The van der Waals surface area contributed by atoms with Crippen LogP contribution in [0, 0.1) is 24.7 Å². The van der Waals surface area contributed by atoms with Crippen LogP contribution in [0.15, 0.2) is 18.5 Å². The SMILES string of the molecule is Cc1cc(C#CC2CC2)cnc1-c1cn(CC2CCCCO2)nn1. The van der Waals surface area contributed by atoms with Crippen molar-refractivity contribution in [3.8, 4) is 23.2 Å². The third-order valence-electron chi connectivity index (χ3n) is 4.52. The Labute approximate surface area is 142 Å². The molecule has 5 heteroatoms. The number of pyridine rings is 1. The van der Waals surface area contributed by atoms with Crippen LogP contribution in [0.4, 0.5) is 0 Å². The van der Waals surface area contributed by atoms with E-state index in [-0.39, 0.29) is 6.10 Å². The average molecular weight is 322 g/mol. The molecule has 2 fully saturated rings. The Morgan fingerprint density at radius 2 is 2.21 bits per heavy atom. The van der Waals surface area contributed by atoms with E-state index in [2.05, 4.69) is 33.2 Å². The van der Waals surface area contributed by atoms with Gasteiger partial charge in [0, 0.05) is 24.3 Å². The van der Waals surface area contributed by atoms with Crippen molar-refractivity contribution in [1.29, 1.82) is 0 Å². The maximum absolute atomic E-state index is 5.77. The molecule has 1 atom stereocenters. The summed E-state index contributed by atoms with van der Waals surface area (Å²) < 4.78 is 7.64. The van der Waals surface area contributed by atoms with Crippen molar-refractivity contribution in [3.63, 3.8) is 0 Å². The molecule has 0 amide bonds. The van der Waals surface area contributed by atoms with Gasteiger partial charge >= 0.3 is 0 Å². The number of rotatable bonds is 3. The molecule has 4 rings (SSSR count). The molecular weight excluding hydrogens is 300 g/mol. The highest BCUT2D eigenvalue weighted by Crippen LogP contribution is 2.27. The van der Waals surface area contributed by atoms with Crippen LogP contribution >= 0.6 is 0 Å². The van der Waals surface area contributed by atoms with E-state index in [0.717, 1.165) is 48.5 Å². The fourth-order valence-corrected chi connectivity index (χ4v) is 2.98. The molecule has 2 aromatic rings. The van der Waals surface area contributed by atoms with E-state index in [1.54, 1.807) is 0 Å². The largest absolute Gasteiger partial charge is 0.376 e. The standard InChI is InChI=1S/C19H22N4O/c1-14-10-16(8-7-15-5-6-15)11-20-19(14)18-13-23(22-21-18)12-17-4-2-3-9-24-17/h10-11,13,15,17H,2-6,9,12H2,1H3. The molecule has 24 heavy (non-hydrogen) atoms. The van der Waals surface area contributed by atoms with Crippen LogP contribution in [0.1, 0.15) is 43.2 Å². The topological polar surface area (TPSA) is 52.8 Å². The maximum atomic E-state index is 5.77. The van der Waals surface area contributed by atoms with Gasteiger partial charge in [-0.3, -0.25) is 4.98 Å². The zero-order valence-electron chi connectivity index (χ0n) is 14.0. The lowest BCUT2D eigenvalue weighted by molar-refractivity contribution is 0.00370. The summed E-state index contributed by atoms with van der Waals surface area (Å²) in [4.78, 5) is 4.56. The van der Waals surface area contributed by atoms with Gasteiger partial charge in [-0.05, 0) is 50.7 Å². The molecule has 1 aliphatic heterocycles. The summed E-state index contributed by atoms with van der Waals surface area (Å²) in [5.74, 6) is 7.09. The van der Waals surface area contributed by atoms with Crippen molar-refractivity contribution in [1.82, 2.24) is 20.0 Å². The summed E-state index contributed by atoms with van der Waals surface area (Å²) in [5.41, 5.74) is 3.75. The van der Waals surface area contributed by atoms with Crippen LogP contribution in [0.2, 0.25) is 0 Å². The Morgan fingerprint density at radius 1 is 1.29 bits per heavy atom. The van der Waals surface area contributed by atoms with Gasteiger partial charge in [0.25, 0.3) is 0 Å². The predicted molar refractivity (Wildman–Crippen MR) is 91.2 cm³/mol. The quantitative estimate of drug-likeness (QED) is 0.815. The van der Waals surface area contributed by atoms with Crippen molar-refractivity contribution in [2.24, 2.45) is 5.92 Å². The molecule has 0 spiro atoms. The van der Waals surface area contributed by atoms with Crippen molar-refractivity contribution in [2.45, 2.75) is 51.7 Å². The minimum absolute atomic E-state index is 0.252. The van der Waals surface area contributed by atoms with Gasteiger partial charge in [-0.2, -0.15) is 0 Å². The minimum Gasteiger partial charge on any atom is -0.376 e. The van der Waals surface area contributed by atoms with E-state index in [9.17, 15) is 0 Å². The van der Waals surface area contributed by atoms with Gasteiger partial charge in [0.1, 0.15) is 5.69 Å². The summed E-state index contributed by atoms with van der Waals surface area (Å²) in [6.45, 7) is 3.67. The fraction of sp³-hybridized carbons (Fsp3) is 0.526. The maximum Gasteiger partial charge on any atom is 0.131 e. The van der Waals surface area contributed by atoms with Gasteiger partial charge in [0.15, 0.2) is 0 Å². The first-order chi connectivity index (χ1) is 11.8. The summed E-state index contributed by atoms with van der Waals surface area (Å²) in [6.07, 6.45) is 10.0. The fourth-order valence-electron chi connectivity index (χ4n) is 2.98. The van der Waals surface area contributed by atoms with Crippen LogP contribution in [0.5, 0.6) is 0 Å². The molecule has 1 aliphatic carbocycles. The Kier molecular flexibility index (Phi) is 4.31. The molecule has 1 saturated heterocycles. The second-order valence-corrected chi connectivity index (χ2v) is 6.75. The molecule has 0 aromatic carbocycles. The van der Waals surface area contributed by atoms with Crippen molar-refractivity contribution >= 4 is 0 Å². The Morgan fingerprint density at radius 3 is 2.96 bits per heavy atom. The average Bonchev–Trinajstić information content (AvgIpc) is 3.32. The zero-order chi connectivity index (χ0) is 16.4. The number of nitrogens with zero attached hydrogens (tertiary/aromatic N) is 4. The van der Waals surface area contributed by atoms with Crippen LogP contribution < -0.4 is 0 Å². The Hall–Kier alpha value is -2.19. The third kappa shape index (κ3) is 3.65. The lowest BCUT2D eigenvalue weighted by Gasteiger charge is -2.21. The summed E-state index contributed by atoms with van der Waals surface area (Å²) >= 11 is 0. The zero-order valence-corrected chi connectivity index (χ0v) is 14.0. The number of aryl methyl sites for hydroxylation is 1. The van der Waals surface area contributed by atoms with Gasteiger partial charge in [-0.25, -0.2) is 4.68 Å². The highest BCUT2D eigenvalue weighted by atomic mass is 16.5. The van der Waals surface area contributed by atoms with Gasteiger partial charge in [-0.15, -0.1) is 5.10 Å². The number of hydrogen-bond acceptors (Lipinski definition) is 4. The molecule has 0 bridgehead atoms. The van der Waals surface area contributed by atoms with E-state index in [4.69, 9.17) is 4.74 Å². The van der Waals surface area contributed by atoms with Crippen molar-refractivity contribution in [2.75, 3.05) is 6.61 Å². The molecule has 0 radical (unpaired) electrons. The van der Waals surface area contributed by atoms with Crippen LogP contribution in [-0.2, 0) is 11.3 Å². The second-order valence-electron chi connectivity index (χ2n) is 6.75. The number of ether oxygens (including phenoxy) is 1. The van der Waals surface area contributed by atoms with E-state index in [1.807, 2.05) is 24.0 Å². The lowest BCUT2D eigenvalue weighted by atomic mass is 10.1. The molecule has 1 unspecified atom stereocenters. The first-order valence-corrected chi connectivity index (χ1v) is 8.78. The van der Waals surface area contributed by atoms with E-state index < -0.39 is 0 Å². The normalized spacial score (nSPS) is 20.5. The smallest absolute Gasteiger partial charge is 0.131 e. The molecule has 2 aromatic heterocycles. The highest BCUT2D eigenvalue weighted by Gasteiger charge is 2.18.